The lowest BCUT2D eigenvalue weighted by Crippen LogP contribution is -2.40. The Balaban J connectivity index is 1.38. The van der Waals surface area contributed by atoms with Gasteiger partial charge in [0.25, 0.3) is 12.3 Å². The van der Waals surface area contributed by atoms with Gasteiger partial charge in [-0.2, -0.15) is 18.3 Å². The fourth-order valence-electron chi connectivity index (χ4n) is 3.96. The van der Waals surface area contributed by atoms with Crippen molar-refractivity contribution in [2.75, 3.05) is 5.32 Å². The van der Waals surface area contributed by atoms with Gasteiger partial charge in [0.15, 0.2) is 5.69 Å². The minimum absolute atomic E-state index is 0.0134. The molecule has 2 N–H and O–H groups in total. The molecule has 7 nitrogen and oxygen atoms in total. The van der Waals surface area contributed by atoms with Gasteiger partial charge in [0.2, 0.25) is 0 Å². The highest BCUT2D eigenvalue weighted by Crippen LogP contribution is 2.30. The Morgan fingerprint density at radius 2 is 1.81 bits per heavy atom. The molecule has 0 spiro atoms. The molecule has 0 unspecified atom stereocenters. The molecule has 0 saturated heterocycles. The summed E-state index contributed by atoms with van der Waals surface area (Å²) in [5.74, 6) is -0.0948. The highest BCUT2D eigenvalue weighted by atomic mass is 19.4. The van der Waals surface area contributed by atoms with Crippen LogP contribution in [0.3, 0.4) is 0 Å². The fourth-order valence-corrected chi connectivity index (χ4v) is 3.96. The van der Waals surface area contributed by atoms with Crippen LogP contribution in [0.15, 0.2) is 30.6 Å². The zero-order chi connectivity index (χ0) is 23.0. The molecule has 1 amide bonds. The van der Waals surface area contributed by atoms with E-state index < -0.39 is 29.9 Å². The van der Waals surface area contributed by atoms with Gasteiger partial charge in [0.05, 0.1) is 5.56 Å². The number of nitrogens with zero attached hydrogens (tertiary/aromatic N) is 4. The molecule has 3 aromatic rings. The van der Waals surface area contributed by atoms with E-state index in [2.05, 4.69) is 20.7 Å². The van der Waals surface area contributed by atoms with Crippen LogP contribution in [0.25, 0.3) is 5.65 Å². The summed E-state index contributed by atoms with van der Waals surface area (Å²) in [4.78, 5) is 16.1. The summed E-state index contributed by atoms with van der Waals surface area (Å²) in [5, 5.41) is 9.68. The second kappa shape index (κ2) is 8.40. The van der Waals surface area contributed by atoms with Crippen LogP contribution in [0.4, 0.5) is 27.8 Å². The lowest BCUT2D eigenvalue weighted by molar-refractivity contribution is -0.140. The number of carbonyl (C=O) groups excluding carboxylic acids is 1. The molecule has 1 fully saturated rings. The van der Waals surface area contributed by atoms with Gasteiger partial charge in [-0.25, -0.2) is 13.8 Å². The van der Waals surface area contributed by atoms with Gasteiger partial charge in [-0.05, 0) is 37.8 Å². The maximum absolute atomic E-state index is 13.1. The molecule has 0 atom stereocenters. The van der Waals surface area contributed by atoms with Crippen LogP contribution in [0.2, 0.25) is 0 Å². The first kappa shape index (κ1) is 22.0. The molecule has 3 aromatic heterocycles. The molecule has 32 heavy (non-hydrogen) atoms. The smallest absolute Gasteiger partial charge is 0.368 e. The topological polar surface area (TPSA) is 76.2 Å². The minimum Gasteiger partial charge on any atom is -0.368 e. The maximum Gasteiger partial charge on any atom is 0.434 e. The summed E-state index contributed by atoms with van der Waals surface area (Å²) in [6, 6.07) is 4.61. The van der Waals surface area contributed by atoms with E-state index in [0.717, 1.165) is 6.20 Å². The van der Waals surface area contributed by atoms with E-state index in [1.807, 2.05) is 0 Å². The quantitative estimate of drug-likeness (QED) is 0.565. The molecule has 0 bridgehead atoms. The Morgan fingerprint density at radius 1 is 1.12 bits per heavy atom. The van der Waals surface area contributed by atoms with E-state index in [1.54, 1.807) is 12.1 Å². The number of carbonyl (C=O) groups is 1. The van der Waals surface area contributed by atoms with Crippen molar-refractivity contribution in [3.63, 3.8) is 0 Å². The second-order valence-corrected chi connectivity index (χ2v) is 7.83. The molecule has 1 saturated carbocycles. The number of nitrogens with one attached hydrogen (secondary N) is 2. The van der Waals surface area contributed by atoms with Crippen molar-refractivity contribution in [1.82, 2.24) is 24.5 Å². The highest BCUT2D eigenvalue weighted by molar-refractivity contribution is 5.95. The first-order valence-corrected chi connectivity index (χ1v) is 10.1. The number of anilines is 1. The Bertz CT molecular complexity index is 1110. The molecule has 12 heteroatoms. The van der Waals surface area contributed by atoms with Crippen molar-refractivity contribution in [3.05, 3.63) is 47.5 Å². The van der Waals surface area contributed by atoms with Crippen LogP contribution in [0.5, 0.6) is 0 Å². The number of aromatic nitrogens is 4. The first-order chi connectivity index (χ1) is 15.1. The average Bonchev–Trinajstić information content (AvgIpc) is 3.34. The third kappa shape index (κ3) is 4.53. The summed E-state index contributed by atoms with van der Waals surface area (Å²) in [5.41, 5.74) is -1.46. The van der Waals surface area contributed by atoms with Crippen molar-refractivity contribution in [2.45, 2.75) is 50.4 Å². The summed E-state index contributed by atoms with van der Waals surface area (Å²) in [6.45, 7) is 0. The third-order valence-corrected chi connectivity index (χ3v) is 5.51. The Labute approximate surface area is 179 Å². The van der Waals surface area contributed by atoms with Crippen LogP contribution in [-0.2, 0) is 13.2 Å². The number of aryl methyl sites for hydroxylation is 1. The van der Waals surface area contributed by atoms with Crippen molar-refractivity contribution in [3.8, 4) is 0 Å². The summed E-state index contributed by atoms with van der Waals surface area (Å²) in [6.07, 6.45) is -2.65. The third-order valence-electron chi connectivity index (χ3n) is 5.51. The van der Waals surface area contributed by atoms with E-state index in [0.29, 0.717) is 31.5 Å². The van der Waals surface area contributed by atoms with Crippen LogP contribution >= 0.6 is 0 Å². The van der Waals surface area contributed by atoms with Crippen molar-refractivity contribution in [1.29, 1.82) is 0 Å². The van der Waals surface area contributed by atoms with E-state index >= 15 is 0 Å². The predicted molar refractivity (Wildman–Crippen MR) is 105 cm³/mol. The predicted octanol–water partition coefficient (Wildman–Crippen LogP) is 4.18. The van der Waals surface area contributed by atoms with Gasteiger partial charge >= 0.3 is 6.18 Å². The largest absolute Gasteiger partial charge is 0.434 e. The lowest BCUT2D eigenvalue weighted by atomic mass is 9.91. The monoisotopic (exact) mass is 456 g/mol. The normalized spacial score (nSPS) is 19.5. The Kier molecular flexibility index (Phi) is 5.78. The number of hydrogen-bond acceptors (Lipinski definition) is 4. The van der Waals surface area contributed by atoms with Crippen LogP contribution in [-0.4, -0.2) is 37.2 Å². The number of imidazole rings is 1. The minimum atomic E-state index is -4.53. The van der Waals surface area contributed by atoms with E-state index in [-0.39, 0.29) is 23.3 Å². The number of alkyl halides is 5. The van der Waals surface area contributed by atoms with Crippen LogP contribution in [0, 0.1) is 0 Å². The molecule has 1 aliphatic carbocycles. The number of halogens is 5. The summed E-state index contributed by atoms with van der Waals surface area (Å²) < 4.78 is 67.6. The van der Waals surface area contributed by atoms with Gasteiger partial charge in [-0.3, -0.25) is 13.9 Å². The molecule has 0 aromatic carbocycles. The van der Waals surface area contributed by atoms with Crippen molar-refractivity contribution in [2.24, 2.45) is 7.05 Å². The molecular formula is C20H21F5N6O. The van der Waals surface area contributed by atoms with Crippen molar-refractivity contribution >= 4 is 17.4 Å². The zero-order valence-corrected chi connectivity index (χ0v) is 17.0. The van der Waals surface area contributed by atoms with Gasteiger partial charge in [0, 0.05) is 31.5 Å². The molecule has 0 radical (unpaired) electrons. The lowest BCUT2D eigenvalue weighted by Gasteiger charge is -2.30. The highest BCUT2D eigenvalue weighted by Gasteiger charge is 2.34. The van der Waals surface area contributed by atoms with Gasteiger partial charge in [-0.1, -0.05) is 6.07 Å². The van der Waals surface area contributed by atoms with E-state index in [1.165, 1.54) is 28.4 Å². The number of amides is 1. The fraction of sp³-hybridized carbons (Fsp3) is 0.450. The maximum atomic E-state index is 13.1. The second-order valence-electron chi connectivity index (χ2n) is 7.83. The molecule has 3 heterocycles. The average molecular weight is 456 g/mol. The van der Waals surface area contributed by atoms with E-state index in [4.69, 9.17) is 0 Å². The van der Waals surface area contributed by atoms with Gasteiger partial charge < -0.3 is 10.6 Å². The first-order valence-electron chi connectivity index (χ1n) is 10.1. The van der Waals surface area contributed by atoms with Gasteiger partial charge in [-0.15, -0.1) is 0 Å². The molecule has 172 valence electrons. The molecule has 4 rings (SSSR count). The van der Waals surface area contributed by atoms with Crippen LogP contribution in [0.1, 0.15) is 53.9 Å². The zero-order valence-electron chi connectivity index (χ0n) is 17.0. The number of pyridine rings is 1. The Morgan fingerprint density at radius 3 is 2.47 bits per heavy atom. The Hall–Kier alpha value is -3.18. The summed E-state index contributed by atoms with van der Waals surface area (Å²) >= 11 is 0. The number of rotatable bonds is 5. The molecular weight excluding hydrogens is 435 g/mol. The van der Waals surface area contributed by atoms with Crippen molar-refractivity contribution < 1.29 is 26.7 Å². The molecule has 1 aliphatic rings. The standard InChI is InChI=1S/C20H21F5N6O/c1-30-9-13(17(29-30)18(21)22)19(32)27-12-7-5-11(6-8-12)26-15-3-2-4-16-28-14(10-31(15)16)20(23,24)25/h2-4,9-12,18,26H,5-8H2,1H3,(H,27,32). The number of fused-ring (bicyclic) bond motifs is 1. The number of hydrogen-bond donors (Lipinski definition) is 2. The van der Waals surface area contributed by atoms with Gasteiger partial charge in [0.1, 0.15) is 17.2 Å². The van der Waals surface area contributed by atoms with E-state index in [9.17, 15) is 26.7 Å². The van der Waals surface area contributed by atoms with Crippen LogP contribution < -0.4 is 10.6 Å². The summed E-state index contributed by atoms with van der Waals surface area (Å²) in [7, 11) is 1.47. The SMILES string of the molecule is Cn1cc(C(=O)NC2CCC(Nc3cccc4nc(C(F)(F)F)cn34)CC2)c(C(F)F)n1. The molecule has 0 aliphatic heterocycles.